The Kier molecular flexibility index (Phi) is 3.80. The van der Waals surface area contributed by atoms with Gasteiger partial charge in [-0.3, -0.25) is 0 Å². The number of phenolic OH excluding ortho intramolecular Hbond substituents is 1. The highest BCUT2D eigenvalue weighted by Gasteiger charge is 2.10. The maximum absolute atomic E-state index is 9.79. The van der Waals surface area contributed by atoms with Crippen molar-refractivity contribution < 1.29 is 5.11 Å². The van der Waals surface area contributed by atoms with Crippen LogP contribution in [0.5, 0.6) is 5.75 Å². The van der Waals surface area contributed by atoms with Gasteiger partial charge in [0.1, 0.15) is 5.75 Å². The van der Waals surface area contributed by atoms with Crippen molar-refractivity contribution in [3.63, 3.8) is 0 Å². The van der Waals surface area contributed by atoms with Gasteiger partial charge in [0.25, 0.3) is 0 Å². The number of piperazine rings is 1. The Morgan fingerprint density at radius 1 is 1.31 bits per heavy atom. The van der Waals surface area contributed by atoms with Gasteiger partial charge in [-0.25, -0.2) is 0 Å². The topological polar surface area (TPSA) is 35.5 Å². The molecule has 0 saturated carbocycles. The Labute approximate surface area is 97.1 Å². The summed E-state index contributed by atoms with van der Waals surface area (Å²) in [6.07, 6.45) is 0.937. The molecule has 3 nitrogen and oxygen atoms in total. The third-order valence-electron chi connectivity index (χ3n) is 3.15. The molecule has 1 heterocycles. The zero-order valence-corrected chi connectivity index (χ0v) is 9.87. The fourth-order valence-corrected chi connectivity index (χ4v) is 2.10. The molecule has 1 aromatic rings. The van der Waals surface area contributed by atoms with E-state index in [1.165, 1.54) is 0 Å². The van der Waals surface area contributed by atoms with Crippen LogP contribution in [0.25, 0.3) is 0 Å². The number of aryl methyl sites for hydroxylation is 1. The minimum absolute atomic E-state index is 0.440. The van der Waals surface area contributed by atoms with Crippen molar-refractivity contribution in [3.8, 4) is 5.75 Å². The number of rotatable bonds is 3. The lowest BCUT2D eigenvalue weighted by atomic mass is 10.1. The molecular weight excluding hydrogens is 200 g/mol. The molecule has 1 fully saturated rings. The molecule has 2 N–H and O–H groups in total. The first-order valence-corrected chi connectivity index (χ1v) is 5.97. The summed E-state index contributed by atoms with van der Waals surface area (Å²) < 4.78 is 0. The molecule has 0 bridgehead atoms. The normalized spacial score (nSPS) is 17.6. The van der Waals surface area contributed by atoms with Crippen LogP contribution in [0.1, 0.15) is 11.1 Å². The molecule has 2 rings (SSSR count). The first kappa shape index (κ1) is 11.4. The summed E-state index contributed by atoms with van der Waals surface area (Å²) in [7, 11) is 0. The summed E-state index contributed by atoms with van der Waals surface area (Å²) in [4.78, 5) is 2.44. The molecule has 0 unspecified atom stereocenters. The predicted molar refractivity (Wildman–Crippen MR) is 65.9 cm³/mol. The van der Waals surface area contributed by atoms with Crippen molar-refractivity contribution in [1.29, 1.82) is 0 Å². The molecule has 3 heteroatoms. The highest BCUT2D eigenvalue weighted by molar-refractivity contribution is 5.36. The average Bonchev–Trinajstić information content (AvgIpc) is 2.29. The molecule has 0 atom stereocenters. The lowest BCUT2D eigenvalue weighted by molar-refractivity contribution is 0.243. The predicted octanol–water partition coefficient (Wildman–Crippen LogP) is 1.15. The summed E-state index contributed by atoms with van der Waals surface area (Å²) >= 11 is 0. The van der Waals surface area contributed by atoms with E-state index in [1.54, 1.807) is 0 Å². The second kappa shape index (κ2) is 5.32. The Balaban J connectivity index is 1.88. The Morgan fingerprint density at radius 2 is 2.06 bits per heavy atom. The van der Waals surface area contributed by atoms with E-state index in [-0.39, 0.29) is 0 Å². The van der Waals surface area contributed by atoms with Gasteiger partial charge >= 0.3 is 0 Å². The first-order chi connectivity index (χ1) is 7.75. The highest BCUT2D eigenvalue weighted by atomic mass is 16.3. The van der Waals surface area contributed by atoms with Crippen molar-refractivity contribution in [2.75, 3.05) is 32.7 Å². The van der Waals surface area contributed by atoms with Gasteiger partial charge in [-0.05, 0) is 30.5 Å². The number of benzene rings is 1. The van der Waals surface area contributed by atoms with E-state index >= 15 is 0 Å². The van der Waals surface area contributed by atoms with Gasteiger partial charge in [0.2, 0.25) is 0 Å². The molecule has 16 heavy (non-hydrogen) atoms. The Bertz CT molecular complexity index is 346. The number of phenols is 1. The third-order valence-corrected chi connectivity index (χ3v) is 3.15. The van der Waals surface area contributed by atoms with Crippen LogP contribution in [0.2, 0.25) is 0 Å². The summed E-state index contributed by atoms with van der Waals surface area (Å²) in [5, 5.41) is 13.1. The van der Waals surface area contributed by atoms with Crippen molar-refractivity contribution in [1.82, 2.24) is 10.2 Å². The van der Waals surface area contributed by atoms with E-state index in [9.17, 15) is 5.11 Å². The quantitative estimate of drug-likeness (QED) is 0.802. The molecule has 1 aromatic carbocycles. The van der Waals surface area contributed by atoms with E-state index in [4.69, 9.17) is 0 Å². The van der Waals surface area contributed by atoms with Crippen LogP contribution in [-0.2, 0) is 6.42 Å². The van der Waals surface area contributed by atoms with Gasteiger partial charge in [0.15, 0.2) is 0 Å². The fraction of sp³-hybridized carbons (Fsp3) is 0.538. The first-order valence-electron chi connectivity index (χ1n) is 5.97. The lowest BCUT2D eigenvalue weighted by Gasteiger charge is -2.27. The van der Waals surface area contributed by atoms with E-state index < -0.39 is 0 Å². The van der Waals surface area contributed by atoms with E-state index in [0.717, 1.165) is 50.3 Å². The summed E-state index contributed by atoms with van der Waals surface area (Å²) in [5.74, 6) is 0.440. The standard InChI is InChI=1S/C13H20N2O/c1-11-2-3-12(13(16)10-11)4-7-15-8-5-14-6-9-15/h2-3,10,14,16H,4-9H2,1H3. The second-order valence-electron chi connectivity index (χ2n) is 4.47. The second-order valence-corrected chi connectivity index (χ2v) is 4.47. The van der Waals surface area contributed by atoms with Crippen LogP contribution in [0.3, 0.4) is 0 Å². The van der Waals surface area contributed by atoms with Gasteiger partial charge in [-0.2, -0.15) is 0 Å². The van der Waals surface area contributed by atoms with Gasteiger partial charge in [0.05, 0.1) is 0 Å². The Morgan fingerprint density at radius 3 is 2.75 bits per heavy atom. The van der Waals surface area contributed by atoms with E-state index in [0.29, 0.717) is 5.75 Å². The SMILES string of the molecule is Cc1ccc(CCN2CCNCC2)c(O)c1. The number of hydrogen-bond acceptors (Lipinski definition) is 3. The van der Waals surface area contributed by atoms with Gasteiger partial charge in [0, 0.05) is 32.7 Å². The van der Waals surface area contributed by atoms with Crippen LogP contribution in [-0.4, -0.2) is 42.7 Å². The molecule has 1 aliphatic rings. The van der Waals surface area contributed by atoms with E-state index in [1.807, 2.05) is 19.1 Å². The number of aromatic hydroxyl groups is 1. The minimum Gasteiger partial charge on any atom is -0.508 e. The largest absolute Gasteiger partial charge is 0.508 e. The summed E-state index contributed by atoms with van der Waals surface area (Å²) in [6, 6.07) is 5.94. The van der Waals surface area contributed by atoms with Crippen molar-refractivity contribution in [2.24, 2.45) is 0 Å². The fourth-order valence-electron chi connectivity index (χ4n) is 2.10. The zero-order chi connectivity index (χ0) is 11.4. The van der Waals surface area contributed by atoms with Gasteiger partial charge in [-0.1, -0.05) is 12.1 Å². The number of nitrogens with zero attached hydrogens (tertiary/aromatic N) is 1. The maximum Gasteiger partial charge on any atom is 0.119 e. The third kappa shape index (κ3) is 2.97. The van der Waals surface area contributed by atoms with Crippen molar-refractivity contribution in [2.45, 2.75) is 13.3 Å². The van der Waals surface area contributed by atoms with Crippen LogP contribution in [0, 0.1) is 6.92 Å². The van der Waals surface area contributed by atoms with Gasteiger partial charge in [-0.15, -0.1) is 0 Å². The average molecular weight is 220 g/mol. The zero-order valence-electron chi connectivity index (χ0n) is 9.87. The molecule has 1 saturated heterocycles. The molecule has 0 aromatic heterocycles. The highest BCUT2D eigenvalue weighted by Crippen LogP contribution is 2.19. The van der Waals surface area contributed by atoms with Gasteiger partial charge < -0.3 is 15.3 Å². The molecule has 0 amide bonds. The van der Waals surface area contributed by atoms with Crippen molar-refractivity contribution >= 4 is 0 Å². The van der Waals surface area contributed by atoms with E-state index in [2.05, 4.69) is 16.3 Å². The molecule has 1 aliphatic heterocycles. The molecule has 88 valence electrons. The van der Waals surface area contributed by atoms with Crippen LogP contribution >= 0.6 is 0 Å². The van der Waals surface area contributed by atoms with Crippen LogP contribution < -0.4 is 5.32 Å². The number of nitrogens with one attached hydrogen (secondary N) is 1. The number of hydrogen-bond donors (Lipinski definition) is 2. The molecule has 0 aliphatic carbocycles. The van der Waals surface area contributed by atoms with Crippen molar-refractivity contribution in [3.05, 3.63) is 29.3 Å². The molecule has 0 radical (unpaired) electrons. The maximum atomic E-state index is 9.79. The molecular formula is C13H20N2O. The van der Waals surface area contributed by atoms with Crippen LogP contribution in [0.15, 0.2) is 18.2 Å². The smallest absolute Gasteiger partial charge is 0.119 e. The Hall–Kier alpha value is -1.06. The van der Waals surface area contributed by atoms with Crippen LogP contribution in [0.4, 0.5) is 0 Å². The minimum atomic E-state index is 0.440. The monoisotopic (exact) mass is 220 g/mol. The lowest BCUT2D eigenvalue weighted by Crippen LogP contribution is -2.44. The summed E-state index contributed by atoms with van der Waals surface area (Å²) in [6.45, 7) is 7.44. The molecule has 0 spiro atoms. The summed E-state index contributed by atoms with van der Waals surface area (Å²) in [5.41, 5.74) is 2.17.